The van der Waals surface area contributed by atoms with Gasteiger partial charge in [-0.25, -0.2) is 9.80 Å². The van der Waals surface area contributed by atoms with Crippen LogP contribution in [0.5, 0.6) is 0 Å². The van der Waals surface area contributed by atoms with Crippen molar-refractivity contribution in [2.24, 2.45) is 0 Å². The van der Waals surface area contributed by atoms with Gasteiger partial charge in [0.05, 0.1) is 12.1 Å². The van der Waals surface area contributed by atoms with Crippen molar-refractivity contribution in [2.75, 3.05) is 0 Å². The zero-order valence-corrected chi connectivity index (χ0v) is 15.3. The minimum Gasteiger partial charge on any atom is -0.464 e. The van der Waals surface area contributed by atoms with Gasteiger partial charge >= 0.3 is 12.1 Å². The lowest BCUT2D eigenvalue weighted by atomic mass is 10.0. The Hall–Kier alpha value is -2.51. The number of amides is 1. The maximum absolute atomic E-state index is 14.4. The zero-order valence-electron chi connectivity index (χ0n) is 15.3. The molecule has 0 aliphatic rings. The second-order valence-electron chi connectivity index (χ2n) is 6.51. The molecule has 0 heterocycles. The summed E-state index contributed by atoms with van der Waals surface area (Å²) in [6, 6.07) is 12.8. The molecule has 2 aromatic rings. The van der Waals surface area contributed by atoms with Gasteiger partial charge in [0.1, 0.15) is 0 Å². The number of carbonyl (C=O) groups is 1. The molecule has 146 valence electrons. The van der Waals surface area contributed by atoms with Crippen molar-refractivity contribution < 1.29 is 23.8 Å². The summed E-state index contributed by atoms with van der Waals surface area (Å²) in [6.07, 6.45) is -2.59. The molecule has 7 heteroatoms. The standard InChI is InChI=1S/C20H24F2N2O3/c1-15(25)18(13-16-9-5-3-6-10-16)24(19(26)27)23(20(2,21)22)14-17-11-7-4-8-12-17/h3-12,15,18,25H,13-14H2,1-2H3,(H,26,27). The van der Waals surface area contributed by atoms with E-state index in [2.05, 4.69) is 0 Å². The molecule has 0 bridgehead atoms. The van der Waals surface area contributed by atoms with Crippen LogP contribution in [-0.4, -0.2) is 44.5 Å². The quantitative estimate of drug-likeness (QED) is 0.539. The van der Waals surface area contributed by atoms with Crippen molar-refractivity contribution in [1.29, 1.82) is 0 Å². The molecule has 0 spiro atoms. The fourth-order valence-electron chi connectivity index (χ4n) is 2.90. The van der Waals surface area contributed by atoms with Crippen LogP contribution in [0.2, 0.25) is 0 Å². The lowest BCUT2D eigenvalue weighted by Crippen LogP contribution is -2.60. The number of benzene rings is 2. The highest BCUT2D eigenvalue weighted by Gasteiger charge is 2.43. The van der Waals surface area contributed by atoms with E-state index in [1.807, 2.05) is 0 Å². The molecule has 0 aromatic heterocycles. The molecular weight excluding hydrogens is 354 g/mol. The Kier molecular flexibility index (Phi) is 6.87. The smallest absolute Gasteiger partial charge is 0.422 e. The van der Waals surface area contributed by atoms with Crippen LogP contribution in [0.15, 0.2) is 60.7 Å². The second kappa shape index (κ2) is 8.92. The van der Waals surface area contributed by atoms with E-state index in [-0.39, 0.29) is 13.0 Å². The number of aliphatic hydroxyl groups is 1. The first-order valence-electron chi connectivity index (χ1n) is 8.63. The second-order valence-corrected chi connectivity index (χ2v) is 6.51. The first kappa shape index (κ1) is 20.8. The first-order valence-corrected chi connectivity index (χ1v) is 8.63. The Labute approximate surface area is 157 Å². The third-order valence-corrected chi connectivity index (χ3v) is 4.24. The molecule has 27 heavy (non-hydrogen) atoms. The van der Waals surface area contributed by atoms with Crippen LogP contribution in [-0.2, 0) is 13.0 Å². The molecular formula is C20H24F2N2O3. The molecule has 2 unspecified atom stereocenters. The highest BCUT2D eigenvalue weighted by molar-refractivity contribution is 5.65. The Morgan fingerprint density at radius 1 is 1.04 bits per heavy atom. The normalized spacial score (nSPS) is 14.0. The Balaban J connectivity index is 2.40. The molecule has 0 fully saturated rings. The van der Waals surface area contributed by atoms with E-state index < -0.39 is 24.3 Å². The Bertz CT molecular complexity index is 721. The van der Waals surface area contributed by atoms with E-state index >= 15 is 0 Å². The monoisotopic (exact) mass is 378 g/mol. The predicted molar refractivity (Wildman–Crippen MR) is 98.1 cm³/mol. The van der Waals surface area contributed by atoms with Gasteiger partial charge in [-0.2, -0.15) is 8.78 Å². The van der Waals surface area contributed by atoms with Crippen molar-refractivity contribution in [3.8, 4) is 0 Å². The summed E-state index contributed by atoms with van der Waals surface area (Å²) in [5, 5.41) is 21.0. The van der Waals surface area contributed by atoms with E-state index in [0.29, 0.717) is 22.5 Å². The highest BCUT2D eigenvalue weighted by atomic mass is 19.3. The van der Waals surface area contributed by atoms with Crippen molar-refractivity contribution in [1.82, 2.24) is 10.0 Å². The minimum atomic E-state index is -3.45. The summed E-state index contributed by atoms with van der Waals surface area (Å²) in [5.41, 5.74) is 1.28. The third kappa shape index (κ3) is 5.74. The van der Waals surface area contributed by atoms with E-state index in [4.69, 9.17) is 0 Å². The van der Waals surface area contributed by atoms with Gasteiger partial charge in [-0.3, -0.25) is 0 Å². The number of carboxylic acid groups (broad SMARTS) is 1. The van der Waals surface area contributed by atoms with Crippen LogP contribution in [0, 0.1) is 0 Å². The summed E-state index contributed by atoms with van der Waals surface area (Å²) in [6.45, 7) is 1.74. The van der Waals surface area contributed by atoms with E-state index in [0.717, 1.165) is 5.56 Å². The average Bonchev–Trinajstić information content (AvgIpc) is 2.61. The minimum absolute atomic E-state index is 0.103. The number of hydrogen-bond donors (Lipinski definition) is 2. The van der Waals surface area contributed by atoms with Gasteiger partial charge in [0.2, 0.25) is 0 Å². The van der Waals surface area contributed by atoms with Gasteiger partial charge in [-0.15, -0.1) is 5.01 Å². The first-order chi connectivity index (χ1) is 12.7. The van der Waals surface area contributed by atoms with E-state index in [1.54, 1.807) is 60.7 Å². The fourth-order valence-corrected chi connectivity index (χ4v) is 2.90. The predicted octanol–water partition coefficient (Wildman–Crippen LogP) is 3.99. The van der Waals surface area contributed by atoms with Gasteiger partial charge < -0.3 is 10.2 Å². The van der Waals surface area contributed by atoms with Crippen LogP contribution in [0.4, 0.5) is 13.6 Å². The van der Waals surface area contributed by atoms with Gasteiger partial charge in [0.25, 0.3) is 0 Å². The van der Waals surface area contributed by atoms with Crippen molar-refractivity contribution in [2.45, 2.75) is 45.0 Å². The molecule has 0 radical (unpaired) electrons. The van der Waals surface area contributed by atoms with E-state index in [9.17, 15) is 23.8 Å². The number of alkyl halides is 2. The molecule has 2 N–H and O–H groups in total. The van der Waals surface area contributed by atoms with Crippen LogP contribution < -0.4 is 0 Å². The SMILES string of the molecule is CC(O)C(Cc1ccccc1)N(C(=O)O)N(Cc1ccccc1)C(C)(F)F. The summed E-state index contributed by atoms with van der Waals surface area (Å²) < 4.78 is 28.8. The molecule has 5 nitrogen and oxygen atoms in total. The summed E-state index contributed by atoms with van der Waals surface area (Å²) in [7, 11) is 0. The number of hydrazine groups is 1. The zero-order chi connectivity index (χ0) is 20.0. The third-order valence-electron chi connectivity index (χ3n) is 4.24. The highest BCUT2D eigenvalue weighted by Crippen LogP contribution is 2.27. The average molecular weight is 378 g/mol. The van der Waals surface area contributed by atoms with Gasteiger partial charge in [0, 0.05) is 13.5 Å². The van der Waals surface area contributed by atoms with E-state index in [1.165, 1.54) is 6.92 Å². The molecule has 2 rings (SSSR count). The lowest BCUT2D eigenvalue weighted by Gasteiger charge is -2.42. The fraction of sp³-hybridized carbons (Fsp3) is 0.350. The van der Waals surface area contributed by atoms with Crippen molar-refractivity contribution >= 4 is 6.09 Å². The molecule has 2 atom stereocenters. The van der Waals surface area contributed by atoms with Gasteiger partial charge in [0.15, 0.2) is 0 Å². The summed E-state index contributed by atoms with van der Waals surface area (Å²) >= 11 is 0. The molecule has 1 amide bonds. The Morgan fingerprint density at radius 3 is 1.93 bits per heavy atom. The summed E-state index contributed by atoms with van der Waals surface area (Å²) in [4.78, 5) is 12.0. The largest absolute Gasteiger partial charge is 0.464 e. The number of hydrogen-bond acceptors (Lipinski definition) is 3. The molecule has 2 aromatic carbocycles. The Morgan fingerprint density at radius 2 is 1.52 bits per heavy atom. The topological polar surface area (TPSA) is 64.0 Å². The van der Waals surface area contributed by atoms with Crippen molar-refractivity contribution in [3.63, 3.8) is 0 Å². The molecule has 0 aliphatic carbocycles. The van der Waals surface area contributed by atoms with Gasteiger partial charge in [-0.05, 0) is 24.5 Å². The number of rotatable bonds is 8. The molecule has 0 saturated carbocycles. The number of halogens is 2. The van der Waals surface area contributed by atoms with Crippen LogP contribution in [0.25, 0.3) is 0 Å². The molecule has 0 aliphatic heterocycles. The maximum Gasteiger partial charge on any atom is 0.422 e. The van der Waals surface area contributed by atoms with Crippen LogP contribution in [0.3, 0.4) is 0 Å². The lowest BCUT2D eigenvalue weighted by molar-refractivity contribution is -0.239. The van der Waals surface area contributed by atoms with Crippen molar-refractivity contribution in [3.05, 3.63) is 71.8 Å². The van der Waals surface area contributed by atoms with Crippen LogP contribution >= 0.6 is 0 Å². The number of aliphatic hydroxyl groups excluding tert-OH is 1. The number of nitrogens with zero attached hydrogens (tertiary/aromatic N) is 2. The molecule has 0 saturated heterocycles. The summed E-state index contributed by atoms with van der Waals surface area (Å²) in [5.74, 6) is 0. The van der Waals surface area contributed by atoms with Gasteiger partial charge in [-0.1, -0.05) is 60.7 Å². The maximum atomic E-state index is 14.4. The van der Waals surface area contributed by atoms with Crippen LogP contribution in [0.1, 0.15) is 25.0 Å².